The second kappa shape index (κ2) is 14.6. The summed E-state index contributed by atoms with van der Waals surface area (Å²) in [5, 5.41) is 8.06. The van der Waals surface area contributed by atoms with Crippen LogP contribution < -0.4 is 16.8 Å². The van der Waals surface area contributed by atoms with Crippen LogP contribution in [0.25, 0.3) is 20.8 Å². The lowest BCUT2D eigenvalue weighted by molar-refractivity contribution is -0.126. The number of amides is 1. The number of piperidine rings is 1. The zero-order valence-electron chi connectivity index (χ0n) is 23.9. The molecule has 0 aliphatic carbocycles. The van der Waals surface area contributed by atoms with Gasteiger partial charge in [-0.1, -0.05) is 17.3 Å². The summed E-state index contributed by atoms with van der Waals surface area (Å²) in [5.41, 5.74) is 11.2. The Kier molecular flexibility index (Phi) is 11.5. The van der Waals surface area contributed by atoms with E-state index in [9.17, 15) is 17.6 Å². The van der Waals surface area contributed by atoms with E-state index in [1.54, 1.807) is 18.3 Å². The molecule has 0 radical (unpaired) electrons. The quantitative estimate of drug-likeness (QED) is 0.171. The third kappa shape index (κ3) is 9.51. The van der Waals surface area contributed by atoms with Gasteiger partial charge in [0.05, 0.1) is 33.6 Å². The number of halogens is 4. The summed E-state index contributed by atoms with van der Waals surface area (Å²) < 4.78 is 59.8. The number of fused-ring (bicyclic) bond motifs is 1. The fourth-order valence-electron chi connectivity index (χ4n) is 4.50. The van der Waals surface area contributed by atoms with E-state index in [1.165, 1.54) is 17.5 Å². The number of primary amides is 1. The highest BCUT2D eigenvalue weighted by Gasteiger charge is 2.33. The zero-order chi connectivity index (χ0) is 30.9. The minimum Gasteiger partial charge on any atom is -0.404 e. The van der Waals surface area contributed by atoms with Crippen molar-refractivity contribution in [2.45, 2.75) is 64.2 Å². The maximum Gasteiger partial charge on any atom is 0.393 e. The first-order chi connectivity index (χ1) is 19.9. The largest absolute Gasteiger partial charge is 0.404 e. The number of allylic oxidation sites excluding steroid dienone is 1. The Bertz CT molecular complexity index is 1370. The Morgan fingerprint density at radius 2 is 1.93 bits per heavy atom. The molecule has 1 aliphatic heterocycles. The molecular weight excluding hydrogens is 574 g/mol. The van der Waals surface area contributed by atoms with Crippen molar-refractivity contribution in [1.29, 1.82) is 0 Å². The maximum absolute atomic E-state index is 13.7. The predicted molar refractivity (Wildman–Crippen MR) is 158 cm³/mol. The van der Waals surface area contributed by atoms with Gasteiger partial charge in [0.2, 0.25) is 18.1 Å². The predicted octanol–water partition coefficient (Wildman–Crippen LogP) is 5.26. The molecule has 1 aromatic carbocycles. The number of hydrogen-bond donors (Lipinski definition) is 3. The Hall–Kier alpha value is -3.52. The maximum atomic E-state index is 13.7. The molecule has 3 aromatic rings. The summed E-state index contributed by atoms with van der Waals surface area (Å²) >= 11 is 1.22. The van der Waals surface area contributed by atoms with Crippen molar-refractivity contribution in [1.82, 2.24) is 15.0 Å². The zero-order valence-corrected chi connectivity index (χ0v) is 24.7. The molecule has 1 saturated heterocycles. The number of thiophene rings is 1. The van der Waals surface area contributed by atoms with Crippen LogP contribution in [0, 0.1) is 0 Å². The summed E-state index contributed by atoms with van der Waals surface area (Å²) in [6.45, 7) is 7.45. The Labute approximate surface area is 246 Å². The Morgan fingerprint density at radius 1 is 1.24 bits per heavy atom. The number of benzene rings is 1. The fraction of sp³-hybridized carbons (Fsp3) is 0.500. The standard InChI is InChI=1S/C27H34F4N6OS.CH3NO/c1-26(2,3)33-16-17(15-32)13-22-35-25(36-38-22)24-20(14-27(29,30)31)19-5-4-6-21(23(19)39-24)34-18-7-10-37(11-8-18)12-9-28;2-1-3/h4-6,15-16,18,34H,7-14,32H2,1-3H3;1H,(H2,2,3)/b17-15-,33-16?;. The molecule has 1 fully saturated rings. The molecule has 0 spiro atoms. The molecule has 2 aromatic heterocycles. The van der Waals surface area contributed by atoms with E-state index in [4.69, 9.17) is 15.1 Å². The Morgan fingerprint density at radius 3 is 2.52 bits per heavy atom. The number of alkyl halides is 4. The van der Waals surface area contributed by atoms with E-state index in [1.807, 2.05) is 26.8 Å². The van der Waals surface area contributed by atoms with Crippen molar-refractivity contribution in [2.24, 2.45) is 16.5 Å². The molecule has 42 heavy (non-hydrogen) atoms. The average Bonchev–Trinajstić information content (AvgIpc) is 3.52. The van der Waals surface area contributed by atoms with Gasteiger partial charge in [0, 0.05) is 31.9 Å². The van der Waals surface area contributed by atoms with Crippen molar-refractivity contribution in [2.75, 3.05) is 31.6 Å². The normalized spacial score (nSPS) is 15.6. The Balaban J connectivity index is 0.00000155. The van der Waals surface area contributed by atoms with Gasteiger partial charge in [-0.25, -0.2) is 4.39 Å². The van der Waals surface area contributed by atoms with Crippen LogP contribution in [-0.2, 0) is 17.6 Å². The van der Waals surface area contributed by atoms with Crippen molar-refractivity contribution in [3.63, 3.8) is 0 Å². The van der Waals surface area contributed by atoms with Gasteiger partial charge >= 0.3 is 6.18 Å². The number of hydrogen-bond acceptors (Lipinski definition) is 9. The lowest BCUT2D eigenvalue weighted by Crippen LogP contribution is -2.40. The first-order valence-electron chi connectivity index (χ1n) is 13.5. The molecule has 1 aliphatic rings. The highest BCUT2D eigenvalue weighted by molar-refractivity contribution is 7.23. The number of nitrogens with two attached hydrogens (primary N) is 2. The third-order valence-corrected chi connectivity index (χ3v) is 7.68. The van der Waals surface area contributed by atoms with E-state index < -0.39 is 12.6 Å². The van der Waals surface area contributed by atoms with Crippen LogP contribution in [0.1, 0.15) is 45.1 Å². The molecular formula is C28H37F4N7O2S. The van der Waals surface area contributed by atoms with E-state index in [2.05, 4.69) is 31.1 Å². The van der Waals surface area contributed by atoms with Gasteiger partial charge in [-0.05, 0) is 62.4 Å². The number of nitrogens with one attached hydrogen (secondary N) is 1. The molecule has 0 unspecified atom stereocenters. The minimum absolute atomic E-state index is 0.111. The van der Waals surface area contributed by atoms with Crippen LogP contribution in [0.3, 0.4) is 0 Å². The van der Waals surface area contributed by atoms with Gasteiger partial charge in [-0.2, -0.15) is 18.2 Å². The van der Waals surface area contributed by atoms with E-state index in [0.29, 0.717) is 27.1 Å². The van der Waals surface area contributed by atoms with Gasteiger partial charge in [0.1, 0.15) is 6.67 Å². The summed E-state index contributed by atoms with van der Waals surface area (Å²) in [5.74, 6) is 0.343. The van der Waals surface area contributed by atoms with E-state index >= 15 is 0 Å². The number of aliphatic imine (C=N–C) groups is 1. The monoisotopic (exact) mass is 611 g/mol. The van der Waals surface area contributed by atoms with Crippen LogP contribution >= 0.6 is 11.3 Å². The molecule has 1 amide bonds. The highest BCUT2D eigenvalue weighted by atomic mass is 32.1. The van der Waals surface area contributed by atoms with Crippen molar-refractivity contribution >= 4 is 39.7 Å². The molecule has 4 rings (SSSR count). The second-order valence-electron chi connectivity index (χ2n) is 10.8. The molecule has 0 bridgehead atoms. The molecule has 14 heteroatoms. The smallest absolute Gasteiger partial charge is 0.393 e. The fourth-order valence-corrected chi connectivity index (χ4v) is 5.72. The van der Waals surface area contributed by atoms with Crippen LogP contribution in [0.5, 0.6) is 0 Å². The lowest BCUT2D eigenvalue weighted by Gasteiger charge is -2.32. The van der Waals surface area contributed by atoms with Crippen molar-refractivity contribution < 1.29 is 26.9 Å². The minimum atomic E-state index is -4.42. The summed E-state index contributed by atoms with van der Waals surface area (Å²) in [6.07, 6.45) is -0.381. The van der Waals surface area contributed by atoms with E-state index in [-0.39, 0.29) is 48.4 Å². The van der Waals surface area contributed by atoms with Gasteiger partial charge < -0.3 is 26.2 Å². The van der Waals surface area contributed by atoms with Gasteiger partial charge in [0.15, 0.2) is 0 Å². The van der Waals surface area contributed by atoms with Crippen molar-refractivity contribution in [3.8, 4) is 10.7 Å². The molecule has 9 nitrogen and oxygen atoms in total. The lowest BCUT2D eigenvalue weighted by atomic mass is 10.0. The summed E-state index contributed by atoms with van der Waals surface area (Å²) in [7, 11) is 0. The third-order valence-electron chi connectivity index (χ3n) is 6.40. The van der Waals surface area contributed by atoms with Crippen LogP contribution in [0.15, 0.2) is 39.5 Å². The number of rotatable bonds is 9. The summed E-state index contributed by atoms with van der Waals surface area (Å²) in [4.78, 5) is 19.8. The van der Waals surface area contributed by atoms with Gasteiger partial charge in [0.25, 0.3) is 0 Å². The highest BCUT2D eigenvalue weighted by Crippen LogP contribution is 2.43. The summed E-state index contributed by atoms with van der Waals surface area (Å²) in [6, 6.07) is 5.48. The number of anilines is 1. The van der Waals surface area contributed by atoms with Crippen LogP contribution in [-0.4, -0.2) is 71.7 Å². The van der Waals surface area contributed by atoms with Crippen molar-refractivity contribution in [3.05, 3.63) is 41.4 Å². The van der Waals surface area contributed by atoms with Crippen LogP contribution in [0.2, 0.25) is 0 Å². The molecule has 0 saturated carbocycles. The number of likely N-dealkylation sites (tertiary alicyclic amines) is 1. The number of nitrogens with zero attached hydrogens (tertiary/aromatic N) is 4. The number of carbonyl (C=O) groups is 1. The SMILES string of the molecule is CC(C)(C)N=C/C(=C\N)Cc1nc(-c2sc3c(NC4CCN(CCF)CC4)cccc3c2CC(F)(F)F)no1.NC=O. The topological polar surface area (TPSA) is 136 Å². The number of carbonyl (C=O) groups excluding carboxylic acids is 1. The van der Waals surface area contributed by atoms with Crippen LogP contribution in [0.4, 0.5) is 23.2 Å². The molecule has 5 N–H and O–H groups in total. The number of aromatic nitrogens is 2. The average molecular weight is 612 g/mol. The first kappa shape index (κ1) is 33.0. The second-order valence-corrected chi connectivity index (χ2v) is 11.8. The van der Waals surface area contributed by atoms with Gasteiger partial charge in [-0.3, -0.25) is 9.79 Å². The van der Waals surface area contributed by atoms with E-state index in [0.717, 1.165) is 31.6 Å². The molecule has 3 heterocycles. The van der Waals surface area contributed by atoms with Gasteiger partial charge in [-0.15, -0.1) is 11.3 Å². The first-order valence-corrected chi connectivity index (χ1v) is 14.3. The molecule has 0 atom stereocenters. The molecule has 230 valence electrons.